The summed E-state index contributed by atoms with van der Waals surface area (Å²) in [6.45, 7) is 1.92. The smallest absolute Gasteiger partial charge is 0.460 e. The van der Waals surface area contributed by atoms with Crippen LogP contribution in [0.4, 0.5) is 30.7 Å². The fourth-order valence-corrected chi connectivity index (χ4v) is 8.96. The van der Waals surface area contributed by atoms with Crippen LogP contribution in [0, 0.1) is 25.2 Å². The zero-order valence-corrected chi connectivity index (χ0v) is 33.0. The molecule has 1 unspecified atom stereocenters. The van der Waals surface area contributed by atoms with Crippen molar-refractivity contribution in [2.45, 2.75) is 87.8 Å². The summed E-state index contributed by atoms with van der Waals surface area (Å²) in [4.78, 5) is 30.1. The van der Waals surface area contributed by atoms with E-state index < -0.39 is 79.3 Å². The predicted molar refractivity (Wildman–Crippen MR) is 194 cm³/mol. The minimum absolute atomic E-state index is 0.000975. The molecule has 4 heterocycles. The average Bonchev–Trinajstić information content (AvgIpc) is 3.70. The molecule has 3 aromatic carbocycles. The van der Waals surface area contributed by atoms with E-state index in [1.165, 1.54) is 21.1 Å². The van der Waals surface area contributed by atoms with Crippen molar-refractivity contribution in [1.82, 2.24) is 9.80 Å². The minimum atomic E-state index is -6.82. The molecule has 0 amide bonds. The molecule has 7 rings (SSSR count). The van der Waals surface area contributed by atoms with Crippen LogP contribution >= 0.6 is 0 Å². The minimum Gasteiger partial charge on any atom is -0.493 e. The van der Waals surface area contributed by atoms with E-state index in [4.69, 9.17) is 33.2 Å². The SMILES string of the molecule is COCOc1c(OC)c(C)cc2c1[C@H]1C3Cc4c(OC(=O)C(F)(F)C(F)(F)C(F)(F)F)c(C)c5c(c4[C@H](COC(=O)CCc4ccccc4)N3[C@@H](C#N)[C@@H](C2)N1C)OCO5. The van der Waals surface area contributed by atoms with E-state index in [-0.39, 0.29) is 47.8 Å². The summed E-state index contributed by atoms with van der Waals surface area (Å²) in [6.07, 6.45) is -6.53. The molecule has 0 aromatic heterocycles. The Hall–Kier alpha value is -5.32. The third kappa shape index (κ3) is 6.91. The summed E-state index contributed by atoms with van der Waals surface area (Å²) >= 11 is 0. The van der Waals surface area contributed by atoms with Gasteiger partial charge in [0.05, 0.1) is 25.3 Å². The zero-order chi connectivity index (χ0) is 43.5. The van der Waals surface area contributed by atoms with Crippen molar-refractivity contribution >= 4 is 11.9 Å². The molecule has 1 fully saturated rings. The van der Waals surface area contributed by atoms with E-state index in [1.807, 2.05) is 48.2 Å². The summed E-state index contributed by atoms with van der Waals surface area (Å²) in [5.74, 6) is -17.3. The van der Waals surface area contributed by atoms with Crippen molar-refractivity contribution in [1.29, 1.82) is 5.26 Å². The van der Waals surface area contributed by atoms with Gasteiger partial charge in [0, 0.05) is 47.9 Å². The largest absolute Gasteiger partial charge is 0.493 e. The summed E-state index contributed by atoms with van der Waals surface area (Å²) in [5, 5.41) is 11.0. The Balaban J connectivity index is 1.41. The van der Waals surface area contributed by atoms with Crippen LogP contribution in [0.2, 0.25) is 0 Å². The summed E-state index contributed by atoms with van der Waals surface area (Å²) in [5.41, 5.74) is 2.68. The number of hydrogen-bond donors (Lipinski definition) is 0. The maximum Gasteiger partial charge on any atom is 0.460 e. The van der Waals surface area contributed by atoms with Gasteiger partial charge in [-0.2, -0.15) is 36.0 Å². The monoisotopic (exact) mass is 851 g/mol. The lowest BCUT2D eigenvalue weighted by atomic mass is 9.71. The van der Waals surface area contributed by atoms with Crippen LogP contribution in [0.15, 0.2) is 36.4 Å². The Morgan fingerprint density at radius 3 is 2.28 bits per heavy atom. The number of nitriles is 1. The number of nitrogens with zero attached hydrogens (tertiary/aromatic N) is 3. The second kappa shape index (κ2) is 15.9. The maximum atomic E-state index is 15.0. The first kappa shape index (κ1) is 42.8. The summed E-state index contributed by atoms with van der Waals surface area (Å²) in [7, 11) is 4.64. The van der Waals surface area contributed by atoms with Gasteiger partial charge in [-0.05, 0) is 56.8 Å². The quantitative estimate of drug-likeness (QED) is 0.0832. The van der Waals surface area contributed by atoms with E-state index in [0.29, 0.717) is 35.5 Å². The molecule has 19 heteroatoms. The fourth-order valence-electron chi connectivity index (χ4n) is 8.96. The molecule has 0 N–H and O–H groups in total. The van der Waals surface area contributed by atoms with Gasteiger partial charge in [0.1, 0.15) is 18.4 Å². The number of aryl methyl sites for hydroxylation is 2. The van der Waals surface area contributed by atoms with E-state index in [0.717, 1.165) is 11.1 Å². The normalized spacial score (nSPS) is 22.2. The lowest BCUT2D eigenvalue weighted by Gasteiger charge is -2.59. The summed E-state index contributed by atoms with van der Waals surface area (Å²) in [6, 6.07) is 9.10. The van der Waals surface area contributed by atoms with Gasteiger partial charge in [-0.3, -0.25) is 14.6 Å². The molecular weight excluding hydrogens is 811 g/mol. The average molecular weight is 852 g/mol. The molecule has 0 saturated carbocycles. The van der Waals surface area contributed by atoms with Crippen molar-refractivity contribution in [3.05, 3.63) is 75.3 Å². The number of halogens is 7. The van der Waals surface area contributed by atoms with Gasteiger partial charge in [-0.25, -0.2) is 4.79 Å². The van der Waals surface area contributed by atoms with Gasteiger partial charge >= 0.3 is 30.0 Å². The first-order valence-corrected chi connectivity index (χ1v) is 18.8. The van der Waals surface area contributed by atoms with Gasteiger partial charge in [0.15, 0.2) is 29.8 Å². The number of rotatable bonds is 12. The third-order valence-electron chi connectivity index (χ3n) is 11.6. The number of fused-ring (bicyclic) bond motifs is 9. The molecule has 1 saturated heterocycles. The van der Waals surface area contributed by atoms with Crippen LogP contribution in [-0.4, -0.2) is 99.3 Å². The Morgan fingerprint density at radius 2 is 1.63 bits per heavy atom. The highest BCUT2D eigenvalue weighted by atomic mass is 19.4. The molecular formula is C41H40F7N3O9. The van der Waals surface area contributed by atoms with E-state index in [1.54, 1.807) is 11.9 Å². The number of alkyl halides is 7. The predicted octanol–water partition coefficient (Wildman–Crippen LogP) is 6.71. The number of methoxy groups -OCH3 is 2. The topological polar surface area (TPSA) is 129 Å². The number of ether oxygens (including phenoxy) is 7. The standard InChI is InChI=1S/C41H40F7N3O9/c1-20-13-23-14-25-27(16-49)51-26(32(50(25)3)30(23)36(33(20)55-5)57-18-54-4)15-24-31(28(51)17-56-29(52)12-11-22-9-7-6-8-10-22)37-35(58-19-59-37)21(2)34(24)60-38(53)39(42,43)40(44,45)41(46,47)48/h6-10,13,25-28,32H,11-12,14-15,17-19H2,1-5H3/t25-,26?,27+,28+,32-/m1/s1. The highest BCUT2D eigenvalue weighted by Crippen LogP contribution is 2.59. The van der Waals surface area contributed by atoms with Gasteiger partial charge in [0.25, 0.3) is 0 Å². The number of likely N-dealkylation sites (N-methyl/N-ethyl adjacent to an activating group) is 1. The number of carbonyl (C=O) groups is 2. The molecule has 5 atom stereocenters. The van der Waals surface area contributed by atoms with Crippen LogP contribution in [-0.2, 0) is 38.3 Å². The number of piperazine rings is 1. The van der Waals surface area contributed by atoms with Gasteiger partial charge < -0.3 is 33.2 Å². The van der Waals surface area contributed by atoms with Crippen LogP contribution < -0.4 is 23.7 Å². The summed E-state index contributed by atoms with van der Waals surface area (Å²) < 4.78 is 138. The zero-order valence-electron chi connectivity index (χ0n) is 33.0. The third-order valence-corrected chi connectivity index (χ3v) is 11.6. The van der Waals surface area contributed by atoms with Gasteiger partial charge in [-0.15, -0.1) is 0 Å². The van der Waals surface area contributed by atoms with E-state index in [9.17, 15) is 45.6 Å². The molecule has 322 valence electrons. The Bertz CT molecular complexity index is 2220. The van der Waals surface area contributed by atoms with Crippen molar-refractivity contribution in [3.63, 3.8) is 0 Å². The van der Waals surface area contributed by atoms with Crippen molar-refractivity contribution in [3.8, 4) is 34.8 Å². The van der Waals surface area contributed by atoms with Gasteiger partial charge in [0.2, 0.25) is 6.79 Å². The second-order valence-electron chi connectivity index (χ2n) is 15.0. The molecule has 60 heavy (non-hydrogen) atoms. The number of benzene rings is 3. The van der Waals surface area contributed by atoms with Crippen molar-refractivity contribution in [2.24, 2.45) is 0 Å². The molecule has 3 aromatic rings. The molecule has 12 nitrogen and oxygen atoms in total. The molecule has 0 radical (unpaired) electrons. The highest BCUT2D eigenvalue weighted by molar-refractivity contribution is 5.83. The number of hydrogen-bond acceptors (Lipinski definition) is 12. The molecule has 4 aliphatic rings. The van der Waals surface area contributed by atoms with Crippen LogP contribution in [0.3, 0.4) is 0 Å². The first-order valence-electron chi connectivity index (χ1n) is 18.8. The van der Waals surface area contributed by atoms with Crippen molar-refractivity contribution in [2.75, 3.05) is 41.5 Å². The maximum absolute atomic E-state index is 15.0. The molecule has 0 aliphatic carbocycles. The van der Waals surface area contributed by atoms with E-state index in [2.05, 4.69) is 6.07 Å². The Kier molecular flexibility index (Phi) is 11.4. The molecule has 2 bridgehead atoms. The second-order valence-corrected chi connectivity index (χ2v) is 15.0. The highest BCUT2D eigenvalue weighted by Gasteiger charge is 2.77. The van der Waals surface area contributed by atoms with Crippen LogP contribution in [0.5, 0.6) is 28.7 Å². The van der Waals surface area contributed by atoms with E-state index >= 15 is 0 Å². The molecule has 4 aliphatic heterocycles. The molecule has 0 spiro atoms. The van der Waals surface area contributed by atoms with Crippen LogP contribution in [0.1, 0.15) is 57.4 Å². The van der Waals surface area contributed by atoms with Gasteiger partial charge in [-0.1, -0.05) is 36.4 Å². The first-order chi connectivity index (χ1) is 28.4. The lowest BCUT2D eigenvalue weighted by molar-refractivity contribution is -0.346. The van der Waals surface area contributed by atoms with Crippen LogP contribution in [0.25, 0.3) is 0 Å². The number of carbonyl (C=O) groups excluding carboxylic acids is 2. The van der Waals surface area contributed by atoms with Crippen molar-refractivity contribution < 1.29 is 73.5 Å². The fraction of sp³-hybridized carbons (Fsp3) is 0.488. The Morgan fingerprint density at radius 1 is 0.933 bits per heavy atom. The lowest BCUT2D eigenvalue weighted by Crippen LogP contribution is -2.68. The Labute approximate surface area is 339 Å². The number of esters is 2.